The molecule has 0 radical (unpaired) electrons. The molecule has 1 atom stereocenters. The first kappa shape index (κ1) is 11.5. The maximum Gasteiger partial charge on any atom is 0.276 e. The van der Waals surface area contributed by atoms with Crippen molar-refractivity contribution in [1.29, 1.82) is 0 Å². The van der Waals surface area contributed by atoms with Crippen molar-refractivity contribution in [2.75, 3.05) is 6.54 Å². The zero-order chi connectivity index (χ0) is 10.8. The summed E-state index contributed by atoms with van der Waals surface area (Å²) in [5.74, 6) is 0.595. The Bertz CT molecular complexity index is 292. The third kappa shape index (κ3) is 2.99. The van der Waals surface area contributed by atoms with Crippen LogP contribution in [-0.4, -0.2) is 22.0 Å². The molecule has 0 saturated carbocycles. The summed E-state index contributed by atoms with van der Waals surface area (Å²) < 4.78 is 5.30. The third-order valence-electron chi connectivity index (χ3n) is 1.93. The lowest BCUT2D eigenvalue weighted by molar-refractivity contribution is 0.387. The summed E-state index contributed by atoms with van der Waals surface area (Å²) in [5.41, 5.74) is 5.84. The first-order valence-corrected chi connectivity index (χ1v) is 5.48. The van der Waals surface area contributed by atoms with Gasteiger partial charge in [0, 0.05) is 18.7 Å². The quantitative estimate of drug-likeness (QED) is 0.779. The summed E-state index contributed by atoms with van der Waals surface area (Å²) in [6.45, 7) is 8.85. The van der Waals surface area contributed by atoms with Gasteiger partial charge in [-0.3, -0.25) is 0 Å². The minimum atomic E-state index is 0.141. The molecule has 1 rings (SSSR count). The predicted octanol–water partition coefficient (Wildman–Crippen LogP) is 1.84. The molecule has 14 heavy (non-hydrogen) atoms. The number of nitrogens with zero attached hydrogens (tertiary/aromatic N) is 2. The highest BCUT2D eigenvalue weighted by atomic mass is 32.2. The van der Waals surface area contributed by atoms with Crippen molar-refractivity contribution < 1.29 is 4.42 Å². The van der Waals surface area contributed by atoms with Crippen molar-refractivity contribution >= 4 is 11.8 Å². The molecule has 0 saturated heterocycles. The predicted molar refractivity (Wildman–Crippen MR) is 57.2 cm³/mol. The minimum absolute atomic E-state index is 0.141. The maximum absolute atomic E-state index is 5.70. The van der Waals surface area contributed by atoms with Crippen molar-refractivity contribution in [3.63, 3.8) is 0 Å². The average Bonchev–Trinajstić information content (AvgIpc) is 2.45. The van der Waals surface area contributed by atoms with E-state index in [-0.39, 0.29) is 5.41 Å². The number of hydrogen-bond acceptors (Lipinski definition) is 5. The van der Waals surface area contributed by atoms with Crippen LogP contribution in [0.2, 0.25) is 0 Å². The smallest absolute Gasteiger partial charge is 0.276 e. The zero-order valence-corrected chi connectivity index (χ0v) is 9.89. The van der Waals surface area contributed by atoms with Crippen LogP contribution in [0.15, 0.2) is 9.64 Å². The van der Waals surface area contributed by atoms with E-state index >= 15 is 0 Å². The van der Waals surface area contributed by atoms with Crippen molar-refractivity contribution in [2.24, 2.45) is 11.1 Å². The fourth-order valence-electron chi connectivity index (χ4n) is 1.03. The Labute approximate surface area is 88.7 Å². The molecule has 4 nitrogen and oxygen atoms in total. The summed E-state index contributed by atoms with van der Waals surface area (Å²) in [7, 11) is 0. The number of thioether (sulfide) groups is 1. The summed E-state index contributed by atoms with van der Waals surface area (Å²) in [4.78, 5) is 0. The van der Waals surface area contributed by atoms with Gasteiger partial charge in [-0.05, 0) is 5.41 Å². The molecular formula is C9H17N3OS. The second-order valence-electron chi connectivity index (χ2n) is 4.30. The molecule has 0 bridgehead atoms. The Hall–Kier alpha value is -0.550. The molecule has 1 heterocycles. The molecule has 80 valence electrons. The zero-order valence-electron chi connectivity index (χ0n) is 9.07. The highest BCUT2D eigenvalue weighted by Crippen LogP contribution is 2.33. The van der Waals surface area contributed by atoms with Crippen LogP contribution in [0.3, 0.4) is 0 Å². The molecule has 2 N–H and O–H groups in total. The summed E-state index contributed by atoms with van der Waals surface area (Å²) in [6, 6.07) is 0. The molecule has 0 fully saturated rings. The lowest BCUT2D eigenvalue weighted by atomic mass is 9.92. The topological polar surface area (TPSA) is 64.9 Å². The molecule has 5 heteroatoms. The first-order valence-electron chi connectivity index (χ1n) is 4.60. The molecule has 0 aliphatic carbocycles. The molecule has 0 spiro atoms. The summed E-state index contributed by atoms with van der Waals surface area (Å²) >= 11 is 1.55. The third-order valence-corrected chi connectivity index (χ3v) is 3.48. The van der Waals surface area contributed by atoms with Crippen LogP contribution in [0.4, 0.5) is 0 Å². The Morgan fingerprint density at radius 3 is 2.43 bits per heavy atom. The normalized spacial score (nSPS) is 14.4. The second-order valence-corrected chi connectivity index (χ2v) is 5.45. The fourth-order valence-corrected chi connectivity index (χ4v) is 1.98. The molecule has 0 aromatic carbocycles. The number of hydrogen-bond donors (Lipinski definition) is 1. The van der Waals surface area contributed by atoms with Crippen LogP contribution >= 0.6 is 11.8 Å². The van der Waals surface area contributed by atoms with Crippen molar-refractivity contribution in [3.8, 4) is 0 Å². The molecule has 1 aromatic rings. The Kier molecular flexibility index (Phi) is 3.55. The van der Waals surface area contributed by atoms with E-state index in [1.54, 1.807) is 18.7 Å². The van der Waals surface area contributed by atoms with Crippen LogP contribution in [0.5, 0.6) is 0 Å². The van der Waals surface area contributed by atoms with Gasteiger partial charge in [0.05, 0.1) is 0 Å². The molecule has 0 amide bonds. The van der Waals surface area contributed by atoms with Gasteiger partial charge >= 0.3 is 0 Å². The summed E-state index contributed by atoms with van der Waals surface area (Å²) in [6.07, 6.45) is 0. The average molecular weight is 215 g/mol. The highest BCUT2D eigenvalue weighted by molar-refractivity contribution is 7.99. The van der Waals surface area contributed by atoms with Crippen molar-refractivity contribution in [2.45, 2.75) is 38.2 Å². The van der Waals surface area contributed by atoms with Crippen LogP contribution < -0.4 is 5.73 Å². The minimum Gasteiger partial charge on any atom is -0.416 e. The maximum atomic E-state index is 5.70. The number of aryl methyl sites for hydroxylation is 1. The van der Waals surface area contributed by atoms with E-state index in [1.807, 2.05) is 0 Å². The van der Waals surface area contributed by atoms with E-state index < -0.39 is 0 Å². The van der Waals surface area contributed by atoms with Gasteiger partial charge in [-0.15, -0.1) is 10.2 Å². The monoisotopic (exact) mass is 215 g/mol. The van der Waals surface area contributed by atoms with Crippen molar-refractivity contribution in [1.82, 2.24) is 10.2 Å². The second kappa shape index (κ2) is 4.31. The van der Waals surface area contributed by atoms with Gasteiger partial charge in [0.25, 0.3) is 5.22 Å². The van der Waals surface area contributed by atoms with E-state index in [2.05, 4.69) is 31.0 Å². The van der Waals surface area contributed by atoms with Gasteiger partial charge < -0.3 is 10.2 Å². The molecule has 1 unspecified atom stereocenters. The van der Waals surface area contributed by atoms with E-state index in [0.717, 1.165) is 0 Å². The fraction of sp³-hybridized carbons (Fsp3) is 0.778. The van der Waals surface area contributed by atoms with Gasteiger partial charge in [0.15, 0.2) is 0 Å². The lowest BCUT2D eigenvalue weighted by Crippen LogP contribution is -2.30. The largest absolute Gasteiger partial charge is 0.416 e. The number of rotatable bonds is 3. The highest BCUT2D eigenvalue weighted by Gasteiger charge is 2.26. The van der Waals surface area contributed by atoms with E-state index in [0.29, 0.717) is 22.9 Å². The standard InChI is InChI=1S/C9H17N3OS/c1-6-11-12-8(13-6)14-7(5-10)9(2,3)4/h7H,5,10H2,1-4H3. The van der Waals surface area contributed by atoms with Gasteiger partial charge in [0.2, 0.25) is 5.89 Å². The first-order chi connectivity index (χ1) is 6.43. The van der Waals surface area contributed by atoms with Crippen LogP contribution in [0.25, 0.3) is 0 Å². The Balaban J connectivity index is 2.66. The Morgan fingerprint density at radius 1 is 1.43 bits per heavy atom. The van der Waals surface area contributed by atoms with Crippen LogP contribution in [0.1, 0.15) is 26.7 Å². The molecular weight excluding hydrogens is 198 g/mol. The molecule has 0 aliphatic heterocycles. The summed E-state index contributed by atoms with van der Waals surface area (Å²) in [5, 5.41) is 8.61. The van der Waals surface area contributed by atoms with Crippen molar-refractivity contribution in [3.05, 3.63) is 5.89 Å². The van der Waals surface area contributed by atoms with Gasteiger partial charge in [0.1, 0.15) is 0 Å². The van der Waals surface area contributed by atoms with E-state index in [4.69, 9.17) is 10.2 Å². The number of nitrogens with two attached hydrogens (primary N) is 1. The van der Waals surface area contributed by atoms with E-state index in [9.17, 15) is 0 Å². The SMILES string of the molecule is Cc1nnc(SC(CN)C(C)(C)C)o1. The Morgan fingerprint density at radius 2 is 2.07 bits per heavy atom. The van der Waals surface area contributed by atoms with Gasteiger partial charge in [-0.2, -0.15) is 0 Å². The number of aromatic nitrogens is 2. The van der Waals surface area contributed by atoms with E-state index in [1.165, 1.54) is 0 Å². The molecule has 0 aliphatic rings. The van der Waals surface area contributed by atoms with Crippen LogP contribution in [0, 0.1) is 12.3 Å². The lowest BCUT2D eigenvalue weighted by Gasteiger charge is -2.27. The van der Waals surface area contributed by atoms with Gasteiger partial charge in [-0.1, -0.05) is 32.5 Å². The van der Waals surface area contributed by atoms with Gasteiger partial charge in [-0.25, -0.2) is 0 Å². The van der Waals surface area contributed by atoms with Crippen LogP contribution in [-0.2, 0) is 0 Å². The molecule has 1 aromatic heterocycles.